The molecular formula is C16H16N4O2. The van der Waals surface area contributed by atoms with Crippen LogP contribution in [-0.2, 0) is 0 Å². The topological polar surface area (TPSA) is 69.0 Å². The molecule has 0 aliphatic heterocycles. The minimum absolute atomic E-state index is 0.386. The van der Waals surface area contributed by atoms with E-state index in [-0.39, 0.29) is 5.69 Å². The molecule has 1 aromatic carbocycles. The van der Waals surface area contributed by atoms with Crippen molar-refractivity contribution in [2.24, 2.45) is 0 Å². The van der Waals surface area contributed by atoms with Crippen LogP contribution in [0.15, 0.2) is 41.2 Å². The summed E-state index contributed by atoms with van der Waals surface area (Å²) >= 11 is 0. The molecule has 0 saturated carbocycles. The van der Waals surface area contributed by atoms with Crippen LogP contribution >= 0.6 is 0 Å². The van der Waals surface area contributed by atoms with Gasteiger partial charge >= 0.3 is 5.69 Å². The summed E-state index contributed by atoms with van der Waals surface area (Å²) in [6, 6.07) is 11.1. The van der Waals surface area contributed by atoms with E-state index in [1.54, 1.807) is 14.2 Å². The molecule has 2 heterocycles. The fourth-order valence-corrected chi connectivity index (χ4v) is 2.46. The maximum absolute atomic E-state index is 12.5. The third-order valence-electron chi connectivity index (χ3n) is 3.41. The molecule has 2 aromatic heterocycles. The van der Waals surface area contributed by atoms with E-state index in [2.05, 4.69) is 15.3 Å². The molecule has 0 fully saturated rings. The quantitative estimate of drug-likeness (QED) is 0.802. The van der Waals surface area contributed by atoms with E-state index >= 15 is 0 Å². The fourth-order valence-electron chi connectivity index (χ4n) is 2.46. The van der Waals surface area contributed by atoms with E-state index in [4.69, 9.17) is 4.74 Å². The largest absolute Gasteiger partial charge is 0.496 e. The third-order valence-corrected chi connectivity index (χ3v) is 3.41. The first-order chi connectivity index (χ1) is 10.7. The summed E-state index contributed by atoms with van der Waals surface area (Å²) in [6.45, 7) is 1.86. The Balaban J connectivity index is 2.51. The van der Waals surface area contributed by atoms with Gasteiger partial charge in [-0.15, -0.1) is 0 Å². The van der Waals surface area contributed by atoms with E-state index in [9.17, 15) is 4.79 Å². The summed E-state index contributed by atoms with van der Waals surface area (Å²) in [5.74, 6) is 1.08. The molecule has 3 aromatic rings. The van der Waals surface area contributed by atoms with Gasteiger partial charge in [-0.3, -0.25) is 0 Å². The van der Waals surface area contributed by atoms with Crippen molar-refractivity contribution in [3.63, 3.8) is 0 Å². The lowest BCUT2D eigenvalue weighted by atomic mass is 10.2. The molecular weight excluding hydrogens is 280 g/mol. The van der Waals surface area contributed by atoms with Crippen LogP contribution in [0.3, 0.4) is 0 Å². The molecule has 112 valence electrons. The number of aryl methyl sites for hydroxylation is 1. The number of hydrogen-bond acceptors (Lipinski definition) is 5. The summed E-state index contributed by atoms with van der Waals surface area (Å²) in [6.07, 6.45) is 0. The van der Waals surface area contributed by atoms with Gasteiger partial charge in [0.15, 0.2) is 5.65 Å². The lowest BCUT2D eigenvalue weighted by Crippen LogP contribution is -2.24. The van der Waals surface area contributed by atoms with Crippen LogP contribution < -0.4 is 15.7 Å². The van der Waals surface area contributed by atoms with Gasteiger partial charge < -0.3 is 10.1 Å². The lowest BCUT2D eigenvalue weighted by Gasteiger charge is -2.14. The zero-order valence-electron chi connectivity index (χ0n) is 12.6. The van der Waals surface area contributed by atoms with Gasteiger partial charge in [-0.2, -0.15) is 4.98 Å². The van der Waals surface area contributed by atoms with Gasteiger partial charge in [-0.1, -0.05) is 18.2 Å². The Labute approximate surface area is 127 Å². The average molecular weight is 296 g/mol. The van der Waals surface area contributed by atoms with Gasteiger partial charge in [0.05, 0.1) is 12.8 Å². The first-order valence-corrected chi connectivity index (χ1v) is 6.87. The number of methoxy groups -OCH3 is 1. The second kappa shape index (κ2) is 5.48. The number of anilines is 1. The number of nitrogens with zero attached hydrogens (tertiary/aromatic N) is 3. The summed E-state index contributed by atoms with van der Waals surface area (Å²) in [5, 5.41) is 3.62. The normalized spacial score (nSPS) is 10.7. The summed E-state index contributed by atoms with van der Waals surface area (Å²) < 4.78 is 6.94. The molecule has 3 rings (SSSR count). The maximum Gasteiger partial charge on any atom is 0.355 e. The van der Waals surface area contributed by atoms with Crippen LogP contribution in [-0.4, -0.2) is 28.7 Å². The lowest BCUT2D eigenvalue weighted by molar-refractivity contribution is 0.419. The Hall–Kier alpha value is -2.89. The van der Waals surface area contributed by atoms with E-state index in [1.807, 2.05) is 43.3 Å². The van der Waals surface area contributed by atoms with E-state index in [0.717, 1.165) is 5.69 Å². The predicted octanol–water partition coefficient (Wildman–Crippen LogP) is 2.14. The maximum atomic E-state index is 12.5. The van der Waals surface area contributed by atoms with Crippen LogP contribution in [0.1, 0.15) is 5.69 Å². The van der Waals surface area contributed by atoms with Crippen molar-refractivity contribution in [3.05, 3.63) is 52.6 Å². The minimum atomic E-state index is -0.386. The van der Waals surface area contributed by atoms with Crippen LogP contribution in [0.5, 0.6) is 5.75 Å². The highest BCUT2D eigenvalue weighted by atomic mass is 16.5. The number of benzene rings is 1. The van der Waals surface area contributed by atoms with Gasteiger partial charge in [0, 0.05) is 18.8 Å². The Bertz CT molecular complexity index is 888. The number of rotatable bonds is 3. The Kier molecular flexibility index (Phi) is 3.50. The molecule has 0 bridgehead atoms. The van der Waals surface area contributed by atoms with Crippen LogP contribution in [0.2, 0.25) is 0 Å². The van der Waals surface area contributed by atoms with Crippen molar-refractivity contribution >= 4 is 16.9 Å². The van der Waals surface area contributed by atoms with Crippen LogP contribution in [0.4, 0.5) is 5.82 Å². The third kappa shape index (κ3) is 2.18. The highest BCUT2D eigenvalue weighted by Gasteiger charge is 2.17. The predicted molar refractivity (Wildman–Crippen MR) is 86.0 cm³/mol. The number of nitrogens with one attached hydrogen (secondary N) is 1. The van der Waals surface area contributed by atoms with Crippen LogP contribution in [0, 0.1) is 6.92 Å². The number of pyridine rings is 1. The SMILES string of the molecule is CNc1nc(=O)n(-c2ccccc2)c2nc(C)cc(OC)c12. The Morgan fingerprint density at radius 3 is 2.55 bits per heavy atom. The fraction of sp³-hybridized carbons (Fsp3) is 0.188. The monoisotopic (exact) mass is 296 g/mol. The van der Waals surface area contributed by atoms with Crippen molar-refractivity contribution in [2.45, 2.75) is 6.92 Å². The smallest absolute Gasteiger partial charge is 0.355 e. The van der Waals surface area contributed by atoms with Crippen molar-refractivity contribution in [1.82, 2.24) is 14.5 Å². The number of ether oxygens (including phenoxy) is 1. The molecule has 0 unspecified atom stereocenters. The first-order valence-electron chi connectivity index (χ1n) is 6.87. The van der Waals surface area contributed by atoms with Crippen LogP contribution in [0.25, 0.3) is 16.7 Å². The van der Waals surface area contributed by atoms with Crippen molar-refractivity contribution in [2.75, 3.05) is 19.5 Å². The van der Waals surface area contributed by atoms with Gasteiger partial charge in [0.1, 0.15) is 17.0 Å². The van der Waals surface area contributed by atoms with E-state index in [0.29, 0.717) is 28.3 Å². The minimum Gasteiger partial charge on any atom is -0.496 e. The van der Waals surface area contributed by atoms with Crippen molar-refractivity contribution < 1.29 is 4.74 Å². The molecule has 0 aliphatic carbocycles. The molecule has 0 radical (unpaired) electrons. The molecule has 0 spiro atoms. The molecule has 6 nitrogen and oxygen atoms in total. The second-order valence-electron chi connectivity index (χ2n) is 4.83. The Morgan fingerprint density at radius 1 is 1.18 bits per heavy atom. The summed E-state index contributed by atoms with van der Waals surface area (Å²) in [4.78, 5) is 21.1. The highest BCUT2D eigenvalue weighted by molar-refractivity contribution is 5.93. The number of hydrogen-bond donors (Lipinski definition) is 1. The molecule has 22 heavy (non-hydrogen) atoms. The molecule has 0 atom stereocenters. The average Bonchev–Trinajstić information content (AvgIpc) is 2.53. The molecule has 1 N–H and O–H groups in total. The highest BCUT2D eigenvalue weighted by Crippen LogP contribution is 2.30. The number of aromatic nitrogens is 3. The molecule has 0 aliphatic rings. The summed E-state index contributed by atoms with van der Waals surface area (Å²) in [5.41, 5.74) is 1.62. The first kappa shape index (κ1) is 14.1. The van der Waals surface area contributed by atoms with Gasteiger partial charge in [-0.05, 0) is 19.1 Å². The van der Waals surface area contributed by atoms with Gasteiger partial charge in [0.2, 0.25) is 0 Å². The zero-order chi connectivity index (χ0) is 15.7. The molecule has 0 saturated heterocycles. The zero-order valence-corrected chi connectivity index (χ0v) is 12.6. The van der Waals surface area contributed by atoms with E-state index in [1.165, 1.54) is 4.57 Å². The Morgan fingerprint density at radius 2 is 1.91 bits per heavy atom. The van der Waals surface area contributed by atoms with Gasteiger partial charge in [0.25, 0.3) is 0 Å². The van der Waals surface area contributed by atoms with Crippen molar-refractivity contribution in [1.29, 1.82) is 0 Å². The number of para-hydroxylation sites is 1. The standard InChI is InChI=1S/C16H16N4O2/c1-10-9-12(22-3)13-14(17-2)19-16(21)20(15(13)18-10)11-7-5-4-6-8-11/h4-9H,1-3H3,(H,17,19,21). The van der Waals surface area contributed by atoms with Crippen molar-refractivity contribution in [3.8, 4) is 11.4 Å². The molecule has 0 amide bonds. The second-order valence-corrected chi connectivity index (χ2v) is 4.83. The van der Waals surface area contributed by atoms with Gasteiger partial charge in [-0.25, -0.2) is 14.3 Å². The number of fused-ring (bicyclic) bond motifs is 1. The summed E-state index contributed by atoms with van der Waals surface area (Å²) in [7, 11) is 3.30. The van der Waals surface area contributed by atoms with E-state index < -0.39 is 0 Å². The molecule has 6 heteroatoms.